The van der Waals surface area contributed by atoms with Crippen LogP contribution in [0, 0.1) is 27.7 Å². The fourth-order valence-corrected chi connectivity index (χ4v) is 4.65. The van der Waals surface area contributed by atoms with Crippen LogP contribution in [0.4, 0.5) is 22.0 Å². The minimum absolute atomic E-state index is 0.00260. The summed E-state index contributed by atoms with van der Waals surface area (Å²) in [4.78, 5) is 41.9. The number of hydrogen-bond acceptors (Lipinski definition) is 9. The molecule has 0 aromatic carbocycles. The number of amides is 1. The lowest BCUT2D eigenvalue weighted by molar-refractivity contribution is 0.152. The summed E-state index contributed by atoms with van der Waals surface area (Å²) in [7, 11) is 3.08. The number of aromatic nitrogens is 4. The van der Waals surface area contributed by atoms with Gasteiger partial charge in [0.25, 0.3) is 5.56 Å². The normalized spacial score (nSPS) is 13.6. The lowest BCUT2D eigenvalue weighted by Gasteiger charge is -2.33. The molecule has 11 nitrogen and oxygen atoms in total. The molecule has 1 aliphatic rings. The quantitative estimate of drug-likeness (QED) is 0.428. The van der Waals surface area contributed by atoms with E-state index in [4.69, 9.17) is 25.8 Å². The zero-order chi connectivity index (χ0) is 27.8. The molecule has 1 amide bonds. The third-order valence-corrected chi connectivity index (χ3v) is 6.64. The standard InChI is InChI=1S/C26H31ClN6O5/c1-8-38-25(35)33(19-12-15(3)23(37-7)29-17(19)5)26(9-10-26)32-13-20(27)31-21(24(32)34)30-18-11-14(2)22(36-6)28-16(18)4/h11-13H,8-10H2,1-7H3,(H,30,31). The third-order valence-electron chi connectivity index (χ3n) is 6.46. The van der Waals surface area contributed by atoms with Crippen molar-refractivity contribution >= 4 is 34.9 Å². The molecule has 0 bridgehead atoms. The van der Waals surface area contributed by atoms with E-state index in [1.54, 1.807) is 33.9 Å². The Kier molecular flexibility index (Phi) is 7.50. The van der Waals surface area contributed by atoms with Gasteiger partial charge in [-0.25, -0.2) is 19.7 Å². The van der Waals surface area contributed by atoms with Crippen LogP contribution in [0.25, 0.3) is 0 Å². The molecule has 3 heterocycles. The van der Waals surface area contributed by atoms with Gasteiger partial charge in [-0.05, 0) is 59.6 Å². The highest BCUT2D eigenvalue weighted by atomic mass is 35.5. The number of halogens is 1. The molecule has 38 heavy (non-hydrogen) atoms. The van der Waals surface area contributed by atoms with Crippen LogP contribution >= 0.6 is 11.6 Å². The van der Waals surface area contributed by atoms with E-state index in [1.807, 2.05) is 19.9 Å². The summed E-state index contributed by atoms with van der Waals surface area (Å²) in [5, 5.41) is 3.15. The molecule has 1 fully saturated rings. The number of aryl methyl sites for hydroxylation is 4. The summed E-state index contributed by atoms with van der Waals surface area (Å²) in [6.45, 7) is 9.14. The van der Waals surface area contributed by atoms with E-state index in [0.29, 0.717) is 47.4 Å². The molecular weight excluding hydrogens is 512 g/mol. The van der Waals surface area contributed by atoms with Gasteiger partial charge in [0.15, 0.2) is 5.82 Å². The second-order valence-corrected chi connectivity index (χ2v) is 9.48. The topological polar surface area (TPSA) is 121 Å². The maximum Gasteiger partial charge on any atom is 0.416 e. The van der Waals surface area contributed by atoms with E-state index in [0.717, 1.165) is 11.1 Å². The van der Waals surface area contributed by atoms with Gasteiger partial charge < -0.3 is 19.5 Å². The van der Waals surface area contributed by atoms with E-state index < -0.39 is 17.3 Å². The molecule has 0 atom stereocenters. The average molecular weight is 543 g/mol. The molecule has 3 aromatic heterocycles. The van der Waals surface area contributed by atoms with E-state index in [-0.39, 0.29) is 17.6 Å². The number of hydrogen-bond donors (Lipinski definition) is 1. The summed E-state index contributed by atoms with van der Waals surface area (Å²) in [5.41, 5.74) is 2.28. The van der Waals surface area contributed by atoms with Crippen molar-refractivity contribution in [1.82, 2.24) is 19.5 Å². The molecule has 3 aromatic rings. The Morgan fingerprint density at radius 1 is 1.05 bits per heavy atom. The lowest BCUT2D eigenvalue weighted by atomic mass is 10.2. The minimum Gasteiger partial charge on any atom is -0.481 e. The molecular formula is C26H31ClN6O5. The van der Waals surface area contributed by atoms with Crippen molar-refractivity contribution in [1.29, 1.82) is 0 Å². The molecule has 1 N–H and O–H groups in total. The number of ether oxygens (including phenoxy) is 3. The van der Waals surface area contributed by atoms with E-state index >= 15 is 0 Å². The number of rotatable bonds is 8. The molecule has 202 valence electrons. The first-order valence-electron chi connectivity index (χ1n) is 12.1. The van der Waals surface area contributed by atoms with Crippen LogP contribution in [-0.4, -0.2) is 46.4 Å². The molecule has 4 rings (SSSR count). The second-order valence-electron chi connectivity index (χ2n) is 9.10. The van der Waals surface area contributed by atoms with Gasteiger partial charge in [-0.2, -0.15) is 0 Å². The SMILES string of the molecule is CCOC(=O)N(c1cc(C)c(OC)nc1C)C1(n2cc(Cl)nc(Nc3cc(C)c(OC)nc3C)c2=O)CC1. The van der Waals surface area contributed by atoms with Crippen LogP contribution < -0.4 is 25.2 Å². The maximum atomic E-state index is 13.8. The summed E-state index contributed by atoms with van der Waals surface area (Å²) in [6, 6.07) is 3.63. The van der Waals surface area contributed by atoms with E-state index in [2.05, 4.69) is 20.3 Å². The van der Waals surface area contributed by atoms with Gasteiger partial charge in [0.2, 0.25) is 11.8 Å². The van der Waals surface area contributed by atoms with Crippen molar-refractivity contribution in [2.24, 2.45) is 0 Å². The maximum absolute atomic E-state index is 13.8. The van der Waals surface area contributed by atoms with Gasteiger partial charge in [-0.15, -0.1) is 0 Å². The van der Waals surface area contributed by atoms with Crippen molar-refractivity contribution in [3.05, 3.63) is 56.4 Å². The van der Waals surface area contributed by atoms with Gasteiger partial charge in [-0.1, -0.05) is 11.6 Å². The Labute approximate surface area is 225 Å². The number of carbonyl (C=O) groups is 1. The zero-order valence-corrected chi connectivity index (χ0v) is 23.3. The van der Waals surface area contributed by atoms with Crippen LogP contribution in [0.3, 0.4) is 0 Å². The monoisotopic (exact) mass is 542 g/mol. The predicted octanol–water partition coefficient (Wildman–Crippen LogP) is 4.79. The molecule has 1 aliphatic carbocycles. The first-order chi connectivity index (χ1) is 18.1. The van der Waals surface area contributed by atoms with Crippen molar-refractivity contribution < 1.29 is 19.0 Å². The largest absolute Gasteiger partial charge is 0.481 e. The van der Waals surface area contributed by atoms with Crippen molar-refractivity contribution in [3.8, 4) is 11.8 Å². The van der Waals surface area contributed by atoms with Crippen LogP contribution in [0.2, 0.25) is 5.15 Å². The summed E-state index contributed by atoms with van der Waals surface area (Å²) < 4.78 is 17.5. The van der Waals surface area contributed by atoms with Gasteiger partial charge in [0.1, 0.15) is 10.8 Å². The van der Waals surface area contributed by atoms with Gasteiger partial charge in [0.05, 0.1) is 43.6 Å². The summed E-state index contributed by atoms with van der Waals surface area (Å²) in [6.07, 6.45) is 1.84. The fourth-order valence-electron chi connectivity index (χ4n) is 4.46. The van der Waals surface area contributed by atoms with Crippen LogP contribution in [0.5, 0.6) is 11.8 Å². The lowest BCUT2D eigenvalue weighted by Crippen LogP contribution is -2.49. The molecule has 0 saturated heterocycles. The van der Waals surface area contributed by atoms with Crippen molar-refractivity contribution in [3.63, 3.8) is 0 Å². The Morgan fingerprint density at radius 3 is 2.24 bits per heavy atom. The summed E-state index contributed by atoms with van der Waals surface area (Å²) in [5.74, 6) is 0.947. The zero-order valence-electron chi connectivity index (χ0n) is 22.5. The first-order valence-corrected chi connectivity index (χ1v) is 12.5. The van der Waals surface area contributed by atoms with E-state index in [9.17, 15) is 9.59 Å². The molecule has 0 aliphatic heterocycles. The van der Waals surface area contributed by atoms with Gasteiger partial charge in [0, 0.05) is 17.3 Å². The Balaban J connectivity index is 1.84. The highest BCUT2D eigenvalue weighted by Gasteiger charge is 2.55. The fraction of sp³-hybridized carbons (Fsp3) is 0.423. The Bertz CT molecular complexity index is 1450. The number of carbonyl (C=O) groups excluding carboxylic acids is 1. The Hall–Kier alpha value is -3.86. The number of nitrogens with zero attached hydrogens (tertiary/aromatic N) is 5. The molecule has 0 unspecified atom stereocenters. The average Bonchev–Trinajstić information content (AvgIpc) is 3.66. The number of anilines is 3. The first kappa shape index (κ1) is 27.2. The van der Waals surface area contributed by atoms with Crippen LogP contribution in [0.15, 0.2) is 23.1 Å². The van der Waals surface area contributed by atoms with Gasteiger partial charge >= 0.3 is 6.09 Å². The van der Waals surface area contributed by atoms with Crippen molar-refractivity contribution in [2.75, 3.05) is 31.0 Å². The number of nitrogens with one attached hydrogen (secondary N) is 1. The second kappa shape index (κ2) is 10.5. The van der Waals surface area contributed by atoms with E-state index in [1.165, 1.54) is 22.8 Å². The molecule has 0 spiro atoms. The number of methoxy groups -OCH3 is 2. The third kappa shape index (κ3) is 4.85. The molecule has 12 heteroatoms. The number of pyridine rings is 2. The molecule has 0 radical (unpaired) electrons. The predicted molar refractivity (Wildman–Crippen MR) is 144 cm³/mol. The highest BCUT2D eigenvalue weighted by Crippen LogP contribution is 2.49. The van der Waals surface area contributed by atoms with Crippen LogP contribution in [-0.2, 0) is 10.4 Å². The smallest absolute Gasteiger partial charge is 0.416 e. The minimum atomic E-state index is -1.05. The van der Waals surface area contributed by atoms with Gasteiger partial charge in [-0.3, -0.25) is 14.3 Å². The summed E-state index contributed by atoms with van der Waals surface area (Å²) >= 11 is 6.42. The Morgan fingerprint density at radius 2 is 1.66 bits per heavy atom. The van der Waals surface area contributed by atoms with Crippen LogP contribution in [0.1, 0.15) is 42.3 Å². The molecule has 1 saturated carbocycles. The highest BCUT2D eigenvalue weighted by molar-refractivity contribution is 6.29. The van der Waals surface area contributed by atoms with Crippen molar-refractivity contribution in [2.45, 2.75) is 53.1 Å².